The second kappa shape index (κ2) is 8.29. The number of halogens is 2. The number of nitriles is 1. The lowest BCUT2D eigenvalue weighted by atomic mass is 9.82. The van der Waals surface area contributed by atoms with Crippen LogP contribution in [0.1, 0.15) is 56.1 Å². The van der Waals surface area contributed by atoms with Gasteiger partial charge in [-0.2, -0.15) is 10.4 Å². The molecule has 2 aromatic heterocycles. The Hall–Kier alpha value is -3.64. The van der Waals surface area contributed by atoms with Crippen molar-refractivity contribution in [2.75, 3.05) is 13.1 Å². The van der Waals surface area contributed by atoms with Gasteiger partial charge in [0, 0.05) is 49.6 Å². The van der Waals surface area contributed by atoms with Crippen molar-refractivity contribution in [2.45, 2.75) is 45.3 Å². The van der Waals surface area contributed by atoms with Crippen LogP contribution in [0, 0.1) is 25.2 Å². The van der Waals surface area contributed by atoms with Gasteiger partial charge in [0.15, 0.2) is 5.82 Å². The first kappa shape index (κ1) is 22.2. The summed E-state index contributed by atoms with van der Waals surface area (Å²) < 4.78 is 36.8. The minimum Gasteiger partial charge on any atom is -0.457 e. The zero-order chi connectivity index (χ0) is 24.0. The third kappa shape index (κ3) is 3.84. The number of aromatic nitrogens is 3. The van der Waals surface area contributed by atoms with Gasteiger partial charge >= 0.3 is 5.97 Å². The van der Waals surface area contributed by atoms with Gasteiger partial charge in [-0.25, -0.2) is 23.2 Å². The van der Waals surface area contributed by atoms with Crippen LogP contribution in [0.15, 0.2) is 36.8 Å². The molecule has 0 radical (unpaired) electrons. The lowest BCUT2D eigenvalue weighted by Crippen LogP contribution is -2.45. The summed E-state index contributed by atoms with van der Waals surface area (Å²) >= 11 is 0. The molecule has 0 aliphatic carbocycles. The Bertz CT molecular complexity index is 1330. The first-order valence-electron chi connectivity index (χ1n) is 11.1. The number of hydrogen-bond donors (Lipinski definition) is 0. The number of ether oxygens (including phenoxy) is 1. The summed E-state index contributed by atoms with van der Waals surface area (Å²) in [7, 11) is 0. The van der Waals surface area contributed by atoms with E-state index in [1.54, 1.807) is 36.0 Å². The molecular formula is C25H23F2N5O2. The molecule has 7 nitrogen and oxygen atoms in total. The summed E-state index contributed by atoms with van der Waals surface area (Å²) in [5, 5.41) is 13.5. The quantitative estimate of drug-likeness (QED) is 0.543. The lowest BCUT2D eigenvalue weighted by molar-refractivity contribution is -0.0774. The van der Waals surface area contributed by atoms with E-state index in [2.05, 4.69) is 16.2 Å². The van der Waals surface area contributed by atoms with Gasteiger partial charge in [-0.3, -0.25) is 4.90 Å². The van der Waals surface area contributed by atoms with Crippen LogP contribution in [0.25, 0.3) is 5.82 Å². The van der Waals surface area contributed by atoms with E-state index < -0.39 is 17.8 Å². The standard InChI is InChI=1S/C25H23F2N5O2/c1-15-7-23(29-10-18(15)8-28)32-12-17(9-30-32)11-31-6-5-25(26,27)22(13-31)19-3-4-20-21(16(19)2)14-34-24(20)33/h3-4,7,9-10,12,22H,5-6,11,13-14H2,1-2H3. The normalized spacial score (nSPS) is 19.5. The second-order valence-electron chi connectivity index (χ2n) is 8.94. The van der Waals surface area contributed by atoms with Crippen LogP contribution in [0.3, 0.4) is 0 Å². The number of pyridine rings is 1. The van der Waals surface area contributed by atoms with Gasteiger partial charge in [-0.15, -0.1) is 0 Å². The highest BCUT2D eigenvalue weighted by Crippen LogP contribution is 2.43. The van der Waals surface area contributed by atoms with Crippen LogP contribution in [0.4, 0.5) is 8.78 Å². The maximum absolute atomic E-state index is 15.0. The van der Waals surface area contributed by atoms with Gasteiger partial charge < -0.3 is 4.74 Å². The molecule has 9 heteroatoms. The molecule has 0 bridgehead atoms. The monoisotopic (exact) mass is 463 g/mol. The third-order valence-corrected chi connectivity index (χ3v) is 6.79. The van der Waals surface area contributed by atoms with E-state index in [0.29, 0.717) is 40.2 Å². The molecule has 34 heavy (non-hydrogen) atoms. The molecule has 1 aromatic carbocycles. The topological polar surface area (TPSA) is 84.0 Å². The largest absolute Gasteiger partial charge is 0.457 e. The summed E-state index contributed by atoms with van der Waals surface area (Å²) in [6.07, 6.45) is 4.81. The minimum atomic E-state index is -2.84. The average molecular weight is 463 g/mol. The zero-order valence-corrected chi connectivity index (χ0v) is 18.9. The van der Waals surface area contributed by atoms with E-state index in [1.165, 1.54) is 6.20 Å². The van der Waals surface area contributed by atoms with E-state index in [0.717, 1.165) is 11.1 Å². The Kier molecular flexibility index (Phi) is 5.41. The predicted molar refractivity (Wildman–Crippen MR) is 119 cm³/mol. The second-order valence-corrected chi connectivity index (χ2v) is 8.94. The Labute approximate surface area is 195 Å². The summed E-state index contributed by atoms with van der Waals surface area (Å²) in [6.45, 7) is 4.72. The number of carbonyl (C=O) groups excluding carboxylic acids is 1. The zero-order valence-electron chi connectivity index (χ0n) is 18.9. The average Bonchev–Trinajstić information content (AvgIpc) is 3.43. The number of cyclic esters (lactones) is 1. The summed E-state index contributed by atoms with van der Waals surface area (Å²) in [4.78, 5) is 18.1. The maximum atomic E-state index is 15.0. The van der Waals surface area contributed by atoms with Gasteiger partial charge in [0.25, 0.3) is 5.92 Å². The van der Waals surface area contributed by atoms with Gasteiger partial charge in [-0.05, 0) is 42.7 Å². The van der Waals surface area contributed by atoms with E-state index in [-0.39, 0.29) is 26.1 Å². The molecule has 4 heterocycles. The number of esters is 1. The number of likely N-dealkylation sites (tertiary alicyclic amines) is 1. The molecular weight excluding hydrogens is 440 g/mol. The number of benzene rings is 1. The molecule has 1 fully saturated rings. The van der Waals surface area contributed by atoms with Gasteiger partial charge in [-0.1, -0.05) is 6.07 Å². The molecule has 1 atom stereocenters. The van der Waals surface area contributed by atoms with E-state index in [4.69, 9.17) is 10.00 Å². The van der Waals surface area contributed by atoms with E-state index in [9.17, 15) is 4.79 Å². The Balaban J connectivity index is 1.36. The highest BCUT2D eigenvalue weighted by Gasteiger charge is 2.46. The molecule has 1 saturated heterocycles. The fourth-order valence-corrected chi connectivity index (χ4v) is 4.79. The predicted octanol–water partition coefficient (Wildman–Crippen LogP) is 4.05. The highest BCUT2D eigenvalue weighted by atomic mass is 19.3. The lowest BCUT2D eigenvalue weighted by Gasteiger charge is -2.39. The molecule has 0 saturated carbocycles. The van der Waals surface area contributed by atoms with Crippen LogP contribution >= 0.6 is 0 Å². The number of rotatable bonds is 4. The fourth-order valence-electron chi connectivity index (χ4n) is 4.79. The molecule has 0 spiro atoms. The van der Waals surface area contributed by atoms with Crippen molar-refractivity contribution >= 4 is 5.97 Å². The number of hydrogen-bond acceptors (Lipinski definition) is 6. The van der Waals surface area contributed by atoms with Crippen molar-refractivity contribution in [1.82, 2.24) is 19.7 Å². The van der Waals surface area contributed by atoms with Crippen molar-refractivity contribution < 1.29 is 18.3 Å². The van der Waals surface area contributed by atoms with Crippen molar-refractivity contribution in [3.8, 4) is 11.9 Å². The molecule has 2 aliphatic heterocycles. The van der Waals surface area contributed by atoms with Crippen molar-refractivity contribution in [3.05, 3.63) is 75.7 Å². The first-order valence-corrected chi connectivity index (χ1v) is 11.1. The molecule has 2 aliphatic rings. The smallest absolute Gasteiger partial charge is 0.338 e. The van der Waals surface area contributed by atoms with Crippen LogP contribution in [-0.4, -0.2) is 44.6 Å². The highest BCUT2D eigenvalue weighted by molar-refractivity contribution is 5.94. The van der Waals surface area contributed by atoms with Crippen LogP contribution in [-0.2, 0) is 17.9 Å². The summed E-state index contributed by atoms with van der Waals surface area (Å²) in [5.74, 6) is -3.62. The molecule has 0 amide bonds. The summed E-state index contributed by atoms with van der Waals surface area (Å²) in [6, 6.07) is 7.15. The minimum absolute atomic E-state index is 0.137. The number of aryl methyl sites for hydroxylation is 1. The van der Waals surface area contributed by atoms with Crippen molar-refractivity contribution in [1.29, 1.82) is 5.26 Å². The molecule has 174 valence electrons. The Morgan fingerprint density at radius 2 is 2.12 bits per heavy atom. The van der Waals surface area contributed by atoms with Crippen LogP contribution in [0.2, 0.25) is 0 Å². The number of carbonyl (C=O) groups is 1. The van der Waals surface area contributed by atoms with E-state index in [1.807, 2.05) is 18.0 Å². The number of alkyl halides is 2. The maximum Gasteiger partial charge on any atom is 0.338 e. The molecule has 1 unspecified atom stereocenters. The SMILES string of the molecule is Cc1cc(-n2cc(CN3CCC(F)(F)C(c4ccc5c(c4C)COC5=O)C3)cn2)ncc1C#N. The molecule has 5 rings (SSSR count). The fraction of sp³-hybridized carbons (Fsp3) is 0.360. The Morgan fingerprint density at radius 1 is 1.29 bits per heavy atom. The van der Waals surface area contributed by atoms with Crippen LogP contribution in [0.5, 0.6) is 0 Å². The van der Waals surface area contributed by atoms with Crippen LogP contribution < -0.4 is 0 Å². The number of fused-ring (bicyclic) bond motifs is 1. The number of nitrogens with zero attached hydrogens (tertiary/aromatic N) is 5. The summed E-state index contributed by atoms with van der Waals surface area (Å²) in [5.41, 5.74) is 4.66. The number of piperidine rings is 1. The molecule has 3 aromatic rings. The van der Waals surface area contributed by atoms with Crippen molar-refractivity contribution in [3.63, 3.8) is 0 Å². The molecule has 0 N–H and O–H groups in total. The van der Waals surface area contributed by atoms with Gasteiger partial charge in [0.05, 0.1) is 23.2 Å². The first-order chi connectivity index (χ1) is 16.3. The van der Waals surface area contributed by atoms with Gasteiger partial charge in [0.1, 0.15) is 12.7 Å². The van der Waals surface area contributed by atoms with Gasteiger partial charge in [0.2, 0.25) is 0 Å². The third-order valence-electron chi connectivity index (χ3n) is 6.79. The Morgan fingerprint density at radius 3 is 2.88 bits per heavy atom. The van der Waals surface area contributed by atoms with E-state index >= 15 is 8.78 Å². The van der Waals surface area contributed by atoms with Crippen molar-refractivity contribution in [2.24, 2.45) is 0 Å².